The van der Waals surface area contributed by atoms with E-state index in [0.717, 1.165) is 0 Å². The normalized spacial score (nSPS) is 19.1. The van der Waals surface area contributed by atoms with E-state index in [0.29, 0.717) is 11.0 Å². The van der Waals surface area contributed by atoms with Gasteiger partial charge in [0.25, 0.3) is 0 Å². The van der Waals surface area contributed by atoms with Crippen molar-refractivity contribution in [3.8, 4) is 0 Å². The molecule has 0 aliphatic heterocycles. The lowest BCUT2D eigenvalue weighted by Crippen LogP contribution is -2.40. The molecule has 0 fully saturated rings. The summed E-state index contributed by atoms with van der Waals surface area (Å²) in [6.07, 6.45) is -0.636. The number of hydrogen-bond donors (Lipinski definition) is 3. The first kappa shape index (κ1) is 14.2. The lowest BCUT2D eigenvalue weighted by atomic mass is 9.88. The molecule has 0 saturated heterocycles. The summed E-state index contributed by atoms with van der Waals surface area (Å²) < 4.78 is 0. The van der Waals surface area contributed by atoms with E-state index in [9.17, 15) is 5.11 Å². The molecule has 3 nitrogen and oxygen atoms in total. The van der Waals surface area contributed by atoms with Crippen LogP contribution in [0.15, 0.2) is 0 Å². The largest absolute Gasteiger partial charge is 0.394 e. The van der Waals surface area contributed by atoms with E-state index in [1.807, 2.05) is 6.92 Å². The van der Waals surface area contributed by atoms with Crippen LogP contribution < -0.4 is 5.73 Å². The van der Waals surface area contributed by atoms with Gasteiger partial charge in [0.2, 0.25) is 0 Å². The smallest absolute Gasteiger partial charge is 0.0861 e. The number of aliphatic hydroxyl groups excluding tert-OH is 2. The maximum atomic E-state index is 9.24. The third-order valence-electron chi connectivity index (χ3n) is 2.01. The van der Waals surface area contributed by atoms with Gasteiger partial charge < -0.3 is 15.9 Å². The van der Waals surface area contributed by atoms with E-state index in [4.69, 9.17) is 10.8 Å². The van der Waals surface area contributed by atoms with E-state index >= 15 is 0 Å². The van der Waals surface area contributed by atoms with E-state index in [1.54, 1.807) is 11.8 Å². The molecule has 0 spiro atoms. The minimum absolute atomic E-state index is 0.0888. The van der Waals surface area contributed by atoms with Crippen molar-refractivity contribution in [3.63, 3.8) is 0 Å². The average Bonchev–Trinajstić information content (AvgIpc) is 2.01. The van der Waals surface area contributed by atoms with Crippen LogP contribution in [0.2, 0.25) is 0 Å². The number of rotatable bonds is 5. The number of hydrogen-bond acceptors (Lipinski definition) is 4. The fraction of sp³-hybridized carbons (Fsp3) is 1.00. The fourth-order valence-corrected chi connectivity index (χ4v) is 2.80. The summed E-state index contributed by atoms with van der Waals surface area (Å²) in [6, 6.07) is 0.0888. The molecule has 0 rings (SSSR count). The highest BCUT2D eigenvalue weighted by Crippen LogP contribution is 2.32. The molecule has 4 heteroatoms. The monoisotopic (exact) mass is 221 g/mol. The van der Waals surface area contributed by atoms with Gasteiger partial charge in [0.15, 0.2) is 0 Å². The lowest BCUT2D eigenvalue weighted by Gasteiger charge is -2.33. The summed E-state index contributed by atoms with van der Waals surface area (Å²) in [4.78, 5) is 0. The van der Waals surface area contributed by atoms with Gasteiger partial charge in [-0.2, -0.15) is 11.8 Å². The van der Waals surface area contributed by atoms with Gasteiger partial charge in [0, 0.05) is 17.0 Å². The van der Waals surface area contributed by atoms with Crippen molar-refractivity contribution in [2.45, 2.75) is 45.1 Å². The minimum atomic E-state index is -0.636. The predicted molar refractivity (Wildman–Crippen MR) is 62.4 cm³/mol. The molecule has 0 bridgehead atoms. The van der Waals surface area contributed by atoms with Crippen molar-refractivity contribution < 1.29 is 10.2 Å². The molecular weight excluding hydrogens is 198 g/mol. The molecule has 0 aromatic heterocycles. The molecule has 0 heterocycles. The highest BCUT2D eigenvalue weighted by atomic mass is 32.2. The zero-order chi connectivity index (χ0) is 11.4. The van der Waals surface area contributed by atoms with Crippen LogP contribution in [0, 0.1) is 5.41 Å². The maximum Gasteiger partial charge on any atom is 0.0861 e. The van der Waals surface area contributed by atoms with Gasteiger partial charge in [-0.25, -0.2) is 0 Å². The van der Waals surface area contributed by atoms with Crippen molar-refractivity contribution >= 4 is 11.8 Å². The first-order valence-electron chi connectivity index (χ1n) is 4.95. The topological polar surface area (TPSA) is 66.5 Å². The van der Waals surface area contributed by atoms with Crippen LogP contribution >= 0.6 is 11.8 Å². The molecular formula is C10H23NO2S. The Kier molecular flexibility index (Phi) is 6.05. The van der Waals surface area contributed by atoms with E-state index in [2.05, 4.69) is 20.8 Å². The van der Waals surface area contributed by atoms with Crippen molar-refractivity contribution in [1.82, 2.24) is 0 Å². The Labute approximate surface area is 91.1 Å². The van der Waals surface area contributed by atoms with E-state index < -0.39 is 6.10 Å². The SMILES string of the molecule is CC(N)C(SCC(O)CO)C(C)(C)C. The fourth-order valence-electron chi connectivity index (χ4n) is 1.46. The quantitative estimate of drug-likeness (QED) is 0.643. The number of nitrogens with two attached hydrogens (primary N) is 1. The Hall–Kier alpha value is 0.230. The summed E-state index contributed by atoms with van der Waals surface area (Å²) in [5, 5.41) is 18.2. The molecule has 14 heavy (non-hydrogen) atoms. The van der Waals surface area contributed by atoms with Crippen LogP contribution in [0.25, 0.3) is 0 Å². The Bertz CT molecular complexity index is 157. The summed E-state index contributed by atoms with van der Waals surface area (Å²) >= 11 is 1.63. The van der Waals surface area contributed by atoms with Crippen molar-refractivity contribution in [3.05, 3.63) is 0 Å². The molecule has 0 amide bonds. The van der Waals surface area contributed by atoms with Crippen LogP contribution in [0.3, 0.4) is 0 Å². The van der Waals surface area contributed by atoms with Crippen LogP contribution in [0.4, 0.5) is 0 Å². The molecule has 0 radical (unpaired) electrons. The summed E-state index contributed by atoms with van der Waals surface area (Å²) in [5.74, 6) is 0.542. The average molecular weight is 221 g/mol. The van der Waals surface area contributed by atoms with Gasteiger partial charge in [-0.3, -0.25) is 0 Å². The van der Waals surface area contributed by atoms with Crippen molar-refractivity contribution in [1.29, 1.82) is 0 Å². The Morgan fingerprint density at radius 3 is 2.14 bits per heavy atom. The summed E-state index contributed by atoms with van der Waals surface area (Å²) in [6.45, 7) is 8.22. The standard InChI is InChI=1S/C10H23NO2S/c1-7(11)9(10(2,3)4)14-6-8(13)5-12/h7-9,12-13H,5-6,11H2,1-4H3. The third-order valence-corrected chi connectivity index (χ3v) is 4.08. The molecule has 0 aliphatic carbocycles. The molecule has 0 saturated carbocycles. The number of thioether (sulfide) groups is 1. The molecule has 0 aliphatic rings. The van der Waals surface area contributed by atoms with Gasteiger partial charge in [-0.1, -0.05) is 20.8 Å². The molecule has 3 unspecified atom stereocenters. The second-order valence-corrected chi connectivity index (χ2v) is 5.99. The van der Waals surface area contributed by atoms with Crippen LogP contribution in [0.5, 0.6) is 0 Å². The molecule has 4 N–H and O–H groups in total. The highest BCUT2D eigenvalue weighted by molar-refractivity contribution is 8.00. The van der Waals surface area contributed by atoms with Gasteiger partial charge in [-0.05, 0) is 12.3 Å². The Balaban J connectivity index is 4.12. The van der Waals surface area contributed by atoms with Crippen LogP contribution in [0.1, 0.15) is 27.7 Å². The second-order valence-electron chi connectivity index (χ2n) is 4.82. The maximum absolute atomic E-state index is 9.24. The molecule has 0 aromatic carbocycles. The Morgan fingerprint density at radius 2 is 1.86 bits per heavy atom. The minimum Gasteiger partial charge on any atom is -0.394 e. The van der Waals surface area contributed by atoms with E-state index in [1.165, 1.54) is 0 Å². The second kappa shape index (κ2) is 5.95. The summed E-state index contributed by atoms with van der Waals surface area (Å²) in [7, 11) is 0. The summed E-state index contributed by atoms with van der Waals surface area (Å²) in [5.41, 5.74) is 6.00. The van der Waals surface area contributed by atoms with Gasteiger partial charge in [0.1, 0.15) is 0 Å². The first-order valence-corrected chi connectivity index (χ1v) is 6.00. The zero-order valence-electron chi connectivity index (χ0n) is 9.53. The molecule has 86 valence electrons. The zero-order valence-corrected chi connectivity index (χ0v) is 10.3. The third kappa shape index (κ3) is 5.20. The number of aliphatic hydroxyl groups is 2. The van der Waals surface area contributed by atoms with Crippen LogP contribution in [-0.2, 0) is 0 Å². The predicted octanol–water partition coefficient (Wildman–Crippen LogP) is 0.835. The van der Waals surface area contributed by atoms with Gasteiger partial charge >= 0.3 is 0 Å². The van der Waals surface area contributed by atoms with Crippen LogP contribution in [-0.4, -0.2) is 40.0 Å². The van der Waals surface area contributed by atoms with Crippen molar-refractivity contribution in [2.24, 2.45) is 11.1 Å². The lowest BCUT2D eigenvalue weighted by molar-refractivity contribution is 0.113. The molecule has 3 atom stereocenters. The highest BCUT2D eigenvalue weighted by Gasteiger charge is 2.28. The van der Waals surface area contributed by atoms with Crippen molar-refractivity contribution in [2.75, 3.05) is 12.4 Å². The van der Waals surface area contributed by atoms with Gasteiger partial charge in [0.05, 0.1) is 12.7 Å². The Morgan fingerprint density at radius 1 is 1.36 bits per heavy atom. The molecule has 0 aromatic rings. The van der Waals surface area contributed by atoms with E-state index in [-0.39, 0.29) is 18.1 Å². The van der Waals surface area contributed by atoms with Gasteiger partial charge in [-0.15, -0.1) is 0 Å². The first-order chi connectivity index (χ1) is 6.29.